The maximum atomic E-state index is 13.5. The van der Waals surface area contributed by atoms with Crippen molar-refractivity contribution in [3.8, 4) is 6.07 Å². The third-order valence-corrected chi connectivity index (χ3v) is 4.82. The molecule has 0 aliphatic heterocycles. The zero-order chi connectivity index (χ0) is 14.1. The summed E-state index contributed by atoms with van der Waals surface area (Å²) in [5, 5.41) is 9.02. The van der Waals surface area contributed by atoms with Gasteiger partial charge < -0.3 is 5.73 Å². The molecular weight excluding hydrogens is 293 g/mol. The summed E-state index contributed by atoms with van der Waals surface area (Å²) in [6, 6.07) is 12.0. The molecular formula is C14H8FN3S2. The molecule has 0 saturated heterocycles. The number of aromatic nitrogens is 1. The van der Waals surface area contributed by atoms with Crippen LogP contribution in [-0.2, 0) is 0 Å². The Hall–Kier alpha value is -2.10. The minimum absolute atomic E-state index is 0.0521. The molecule has 98 valence electrons. The van der Waals surface area contributed by atoms with Crippen LogP contribution in [0.2, 0.25) is 0 Å². The molecule has 3 rings (SSSR count). The lowest BCUT2D eigenvalue weighted by molar-refractivity contribution is 0.620. The first kappa shape index (κ1) is 12.9. The Balaban J connectivity index is 2.02. The van der Waals surface area contributed by atoms with Gasteiger partial charge in [-0.05, 0) is 30.3 Å². The summed E-state index contributed by atoms with van der Waals surface area (Å²) in [5.74, 6) is -0.511. The van der Waals surface area contributed by atoms with Crippen LogP contribution in [-0.4, -0.2) is 4.98 Å². The topological polar surface area (TPSA) is 62.7 Å². The molecule has 2 aromatic carbocycles. The lowest BCUT2D eigenvalue weighted by atomic mass is 10.2. The minimum atomic E-state index is -0.511. The van der Waals surface area contributed by atoms with E-state index in [0.29, 0.717) is 10.6 Å². The molecule has 0 radical (unpaired) electrons. The van der Waals surface area contributed by atoms with Crippen LogP contribution in [0.1, 0.15) is 5.56 Å². The molecule has 0 spiro atoms. The van der Waals surface area contributed by atoms with E-state index in [1.165, 1.54) is 29.2 Å². The van der Waals surface area contributed by atoms with Crippen molar-refractivity contribution in [1.82, 2.24) is 4.98 Å². The van der Waals surface area contributed by atoms with Crippen molar-refractivity contribution in [2.75, 3.05) is 5.73 Å². The Labute approximate surface area is 122 Å². The van der Waals surface area contributed by atoms with Crippen LogP contribution >= 0.6 is 23.1 Å². The molecule has 20 heavy (non-hydrogen) atoms. The summed E-state index contributed by atoms with van der Waals surface area (Å²) in [5.41, 5.74) is 7.31. The summed E-state index contributed by atoms with van der Waals surface area (Å²) in [4.78, 5) is 5.02. The number of halogens is 1. The van der Waals surface area contributed by atoms with E-state index in [1.54, 1.807) is 18.2 Å². The Morgan fingerprint density at radius 1 is 1.30 bits per heavy atom. The van der Waals surface area contributed by atoms with Gasteiger partial charge in [0.1, 0.15) is 17.4 Å². The smallest absolute Gasteiger partial charge is 0.155 e. The average Bonchev–Trinajstić information content (AvgIpc) is 2.80. The van der Waals surface area contributed by atoms with Crippen LogP contribution in [0.3, 0.4) is 0 Å². The fourth-order valence-corrected chi connectivity index (χ4v) is 3.93. The molecule has 2 N–H and O–H groups in total. The summed E-state index contributed by atoms with van der Waals surface area (Å²) in [6.45, 7) is 0. The number of hydrogen-bond donors (Lipinski definition) is 1. The number of nitrogen functional groups attached to an aromatic ring is 1. The highest BCUT2D eigenvalue weighted by atomic mass is 32.2. The lowest BCUT2D eigenvalue weighted by Crippen LogP contribution is -1.86. The standard InChI is InChI=1S/C14H8FN3S2/c15-10-2-1-3-12(9(10)7-16)19-14-18-11-5-4-8(17)6-13(11)20-14/h1-6H,17H2. The number of nitrogens with two attached hydrogens (primary N) is 1. The van der Waals surface area contributed by atoms with Gasteiger partial charge in [0.2, 0.25) is 0 Å². The van der Waals surface area contributed by atoms with Crippen molar-refractivity contribution in [2.45, 2.75) is 9.24 Å². The first-order valence-electron chi connectivity index (χ1n) is 5.70. The second kappa shape index (κ2) is 5.12. The molecule has 0 unspecified atom stereocenters. The number of thiazole rings is 1. The third-order valence-electron chi connectivity index (χ3n) is 2.68. The van der Waals surface area contributed by atoms with Crippen LogP contribution in [0.5, 0.6) is 0 Å². The van der Waals surface area contributed by atoms with Gasteiger partial charge in [0.05, 0.1) is 10.2 Å². The predicted molar refractivity (Wildman–Crippen MR) is 79.3 cm³/mol. The van der Waals surface area contributed by atoms with Crippen LogP contribution in [0.4, 0.5) is 10.1 Å². The lowest BCUT2D eigenvalue weighted by Gasteiger charge is -2.00. The maximum Gasteiger partial charge on any atom is 0.155 e. The Morgan fingerprint density at radius 3 is 2.95 bits per heavy atom. The fourth-order valence-electron chi connectivity index (χ4n) is 1.76. The van der Waals surface area contributed by atoms with Gasteiger partial charge >= 0.3 is 0 Å². The van der Waals surface area contributed by atoms with E-state index in [0.717, 1.165) is 14.6 Å². The number of fused-ring (bicyclic) bond motifs is 1. The molecule has 0 fully saturated rings. The minimum Gasteiger partial charge on any atom is -0.399 e. The molecule has 6 heteroatoms. The van der Waals surface area contributed by atoms with E-state index >= 15 is 0 Å². The fraction of sp³-hybridized carbons (Fsp3) is 0. The number of nitrogens with zero attached hydrogens (tertiary/aromatic N) is 2. The number of benzene rings is 2. The summed E-state index contributed by atoms with van der Waals surface area (Å²) < 4.78 is 15.3. The van der Waals surface area contributed by atoms with Crippen LogP contribution in [0, 0.1) is 17.1 Å². The largest absolute Gasteiger partial charge is 0.399 e. The molecule has 0 amide bonds. The maximum absolute atomic E-state index is 13.5. The summed E-state index contributed by atoms with van der Waals surface area (Å²) in [7, 11) is 0. The van der Waals surface area contributed by atoms with Crippen molar-refractivity contribution in [1.29, 1.82) is 5.26 Å². The van der Waals surface area contributed by atoms with E-state index < -0.39 is 5.82 Å². The predicted octanol–water partition coefficient (Wildman–Crippen LogP) is 4.04. The highest BCUT2D eigenvalue weighted by molar-refractivity contribution is 8.01. The van der Waals surface area contributed by atoms with E-state index in [9.17, 15) is 4.39 Å². The molecule has 1 aromatic heterocycles. The van der Waals surface area contributed by atoms with Crippen molar-refractivity contribution < 1.29 is 4.39 Å². The van der Waals surface area contributed by atoms with Crippen LogP contribution < -0.4 is 5.73 Å². The highest BCUT2D eigenvalue weighted by Crippen LogP contribution is 2.36. The number of hydrogen-bond acceptors (Lipinski definition) is 5. The van der Waals surface area contributed by atoms with Gasteiger partial charge in [-0.1, -0.05) is 17.8 Å². The van der Waals surface area contributed by atoms with E-state index in [4.69, 9.17) is 11.0 Å². The Bertz CT molecular complexity index is 836. The molecule has 0 aliphatic carbocycles. The zero-order valence-corrected chi connectivity index (χ0v) is 11.8. The van der Waals surface area contributed by atoms with Gasteiger partial charge in [-0.2, -0.15) is 5.26 Å². The van der Waals surface area contributed by atoms with Crippen LogP contribution in [0.25, 0.3) is 10.2 Å². The van der Waals surface area contributed by atoms with E-state index in [2.05, 4.69) is 4.98 Å². The van der Waals surface area contributed by atoms with Gasteiger partial charge in [-0.25, -0.2) is 9.37 Å². The van der Waals surface area contributed by atoms with Gasteiger partial charge in [-0.15, -0.1) is 11.3 Å². The highest BCUT2D eigenvalue weighted by Gasteiger charge is 2.12. The van der Waals surface area contributed by atoms with Gasteiger partial charge in [0.15, 0.2) is 4.34 Å². The number of anilines is 1. The molecule has 0 aliphatic rings. The zero-order valence-electron chi connectivity index (χ0n) is 10.1. The molecule has 0 atom stereocenters. The Kier molecular flexibility index (Phi) is 3.30. The second-order valence-electron chi connectivity index (χ2n) is 4.03. The number of nitriles is 1. The number of rotatable bonds is 2. The van der Waals surface area contributed by atoms with Gasteiger partial charge in [0, 0.05) is 10.6 Å². The van der Waals surface area contributed by atoms with Gasteiger partial charge in [0.25, 0.3) is 0 Å². The molecule has 3 nitrogen and oxygen atoms in total. The van der Waals surface area contributed by atoms with Crippen molar-refractivity contribution >= 4 is 39.0 Å². The first-order valence-corrected chi connectivity index (χ1v) is 7.33. The van der Waals surface area contributed by atoms with Gasteiger partial charge in [-0.3, -0.25) is 0 Å². The first-order chi connectivity index (χ1) is 9.67. The Morgan fingerprint density at radius 2 is 2.15 bits per heavy atom. The monoisotopic (exact) mass is 301 g/mol. The molecule has 3 aromatic rings. The van der Waals surface area contributed by atoms with Crippen molar-refractivity contribution in [3.63, 3.8) is 0 Å². The quantitative estimate of drug-likeness (QED) is 0.726. The van der Waals surface area contributed by atoms with Crippen molar-refractivity contribution in [2.24, 2.45) is 0 Å². The van der Waals surface area contributed by atoms with E-state index in [1.807, 2.05) is 18.2 Å². The van der Waals surface area contributed by atoms with Crippen molar-refractivity contribution in [3.05, 3.63) is 47.8 Å². The molecule has 0 bridgehead atoms. The second-order valence-corrected chi connectivity index (χ2v) is 6.35. The normalized spacial score (nSPS) is 10.6. The summed E-state index contributed by atoms with van der Waals surface area (Å²) in [6.07, 6.45) is 0. The van der Waals surface area contributed by atoms with E-state index in [-0.39, 0.29) is 5.56 Å². The SMILES string of the molecule is N#Cc1c(F)cccc1Sc1nc2ccc(N)cc2s1. The van der Waals surface area contributed by atoms with Crippen LogP contribution in [0.15, 0.2) is 45.6 Å². The molecule has 0 saturated carbocycles. The summed E-state index contributed by atoms with van der Waals surface area (Å²) >= 11 is 2.76. The average molecular weight is 301 g/mol. The third kappa shape index (κ3) is 2.33. The molecule has 1 heterocycles.